The van der Waals surface area contributed by atoms with Crippen LogP contribution in [0.5, 0.6) is 0 Å². The maximum atomic E-state index is 11.0. The molecule has 1 unspecified atom stereocenters. The average molecular weight is 123 g/mol. The fourth-order valence-corrected chi connectivity index (χ4v) is 1.08. The molecule has 48 valence electrons. The number of carbonyl (C=O) groups excluding carboxylic acids is 1. The highest BCUT2D eigenvalue weighted by atomic mass is 16.2. The first-order chi connectivity index (χ1) is 4.25. The number of nitrogens with zero attached hydrogens (tertiary/aromatic N) is 1. The van der Waals surface area contributed by atoms with Gasteiger partial charge in [0.25, 0.3) is 0 Å². The lowest BCUT2D eigenvalue weighted by Gasteiger charge is -2.11. The summed E-state index contributed by atoms with van der Waals surface area (Å²) in [7, 11) is 5.29. The van der Waals surface area contributed by atoms with Gasteiger partial charge in [0.2, 0.25) is 5.91 Å². The van der Waals surface area contributed by atoms with Crippen LogP contribution in [0.3, 0.4) is 0 Å². The molecule has 1 rings (SSSR count). The van der Waals surface area contributed by atoms with Crippen molar-refractivity contribution in [2.24, 2.45) is 5.92 Å². The van der Waals surface area contributed by atoms with Crippen LogP contribution >= 0.6 is 0 Å². The maximum absolute atomic E-state index is 11.0. The number of hydrogen-bond acceptors (Lipinski definition) is 1. The largest absolute Gasteiger partial charge is 0.351 e. The van der Waals surface area contributed by atoms with Crippen LogP contribution in [0.2, 0.25) is 0 Å². The van der Waals surface area contributed by atoms with E-state index >= 15 is 0 Å². The van der Waals surface area contributed by atoms with Crippen molar-refractivity contribution in [1.29, 1.82) is 0 Å². The molecular formula is C6H10BNO. The second-order valence-electron chi connectivity index (χ2n) is 2.47. The van der Waals surface area contributed by atoms with Crippen molar-refractivity contribution < 1.29 is 4.79 Å². The Morgan fingerprint density at radius 3 is 2.78 bits per heavy atom. The summed E-state index contributed by atoms with van der Waals surface area (Å²) in [5.74, 6) is 0.408. The molecule has 1 aliphatic rings. The van der Waals surface area contributed by atoms with Crippen LogP contribution in [0.15, 0.2) is 0 Å². The molecule has 1 amide bonds. The molecule has 0 saturated carbocycles. The SMILES string of the molecule is [B]CN1CCC(C)C1=O. The predicted molar refractivity (Wildman–Crippen MR) is 36.1 cm³/mol. The summed E-state index contributed by atoms with van der Waals surface area (Å²) in [5.41, 5.74) is 0. The van der Waals surface area contributed by atoms with Gasteiger partial charge in [-0.2, -0.15) is 0 Å². The minimum absolute atomic E-state index is 0.202. The van der Waals surface area contributed by atoms with Crippen molar-refractivity contribution in [3.8, 4) is 0 Å². The van der Waals surface area contributed by atoms with E-state index in [9.17, 15) is 4.79 Å². The van der Waals surface area contributed by atoms with Crippen molar-refractivity contribution >= 4 is 13.8 Å². The molecule has 1 fully saturated rings. The standard InChI is InChI=1S/C6H10BNO/c1-5-2-3-8(4-7)6(5)9/h5H,2-4H2,1H3. The number of likely N-dealkylation sites (tertiary alicyclic amines) is 1. The number of rotatable bonds is 1. The van der Waals surface area contributed by atoms with Crippen LogP contribution in [0.4, 0.5) is 0 Å². The van der Waals surface area contributed by atoms with E-state index in [0.717, 1.165) is 13.0 Å². The van der Waals surface area contributed by atoms with Gasteiger partial charge in [-0.1, -0.05) is 6.92 Å². The average Bonchev–Trinajstić information content (AvgIpc) is 2.15. The minimum atomic E-state index is 0.202. The van der Waals surface area contributed by atoms with Crippen molar-refractivity contribution in [1.82, 2.24) is 4.90 Å². The molecule has 1 saturated heterocycles. The van der Waals surface area contributed by atoms with Gasteiger partial charge in [0.05, 0.1) is 7.85 Å². The minimum Gasteiger partial charge on any atom is -0.351 e. The molecule has 3 heteroatoms. The monoisotopic (exact) mass is 123 g/mol. The molecule has 0 aliphatic carbocycles. The number of carbonyl (C=O) groups is 1. The Morgan fingerprint density at radius 2 is 2.56 bits per heavy atom. The highest BCUT2D eigenvalue weighted by Gasteiger charge is 2.25. The summed E-state index contributed by atoms with van der Waals surface area (Å²) in [5, 5.41) is 0. The van der Waals surface area contributed by atoms with Gasteiger partial charge in [0.15, 0.2) is 0 Å². The molecule has 9 heavy (non-hydrogen) atoms. The molecular weight excluding hydrogens is 113 g/mol. The maximum Gasteiger partial charge on any atom is 0.224 e. The van der Waals surface area contributed by atoms with Crippen molar-refractivity contribution in [2.75, 3.05) is 13.0 Å². The normalized spacial score (nSPS) is 27.4. The van der Waals surface area contributed by atoms with E-state index in [1.54, 1.807) is 4.90 Å². The van der Waals surface area contributed by atoms with Gasteiger partial charge >= 0.3 is 0 Å². The van der Waals surface area contributed by atoms with E-state index in [1.165, 1.54) is 0 Å². The number of amides is 1. The van der Waals surface area contributed by atoms with Crippen molar-refractivity contribution in [3.05, 3.63) is 0 Å². The van der Waals surface area contributed by atoms with Gasteiger partial charge < -0.3 is 4.90 Å². The second kappa shape index (κ2) is 2.42. The predicted octanol–water partition coefficient (Wildman–Crippen LogP) is -0.0192. The van der Waals surface area contributed by atoms with Gasteiger partial charge in [-0.15, -0.1) is 0 Å². The van der Waals surface area contributed by atoms with Gasteiger partial charge in [-0.05, 0) is 12.9 Å². The summed E-state index contributed by atoms with van der Waals surface area (Å²) < 4.78 is 0. The topological polar surface area (TPSA) is 20.3 Å². The Bertz CT molecular complexity index is 126. The summed E-state index contributed by atoms with van der Waals surface area (Å²) in [4.78, 5) is 12.7. The van der Waals surface area contributed by atoms with Gasteiger partial charge in [0, 0.05) is 12.5 Å². The smallest absolute Gasteiger partial charge is 0.224 e. The van der Waals surface area contributed by atoms with Crippen LogP contribution in [-0.4, -0.2) is 31.6 Å². The molecule has 0 aromatic carbocycles. The van der Waals surface area contributed by atoms with Gasteiger partial charge in [0.1, 0.15) is 0 Å². The lowest BCUT2D eigenvalue weighted by molar-refractivity contribution is -0.129. The fraction of sp³-hybridized carbons (Fsp3) is 0.833. The third-order valence-corrected chi connectivity index (χ3v) is 1.79. The zero-order chi connectivity index (χ0) is 6.85. The van der Waals surface area contributed by atoms with E-state index in [2.05, 4.69) is 0 Å². The third kappa shape index (κ3) is 1.09. The van der Waals surface area contributed by atoms with E-state index < -0.39 is 0 Å². The zero-order valence-corrected chi connectivity index (χ0v) is 5.63. The van der Waals surface area contributed by atoms with Crippen molar-refractivity contribution in [2.45, 2.75) is 13.3 Å². The van der Waals surface area contributed by atoms with Crippen LogP contribution in [0.25, 0.3) is 0 Å². The van der Waals surface area contributed by atoms with Crippen molar-refractivity contribution in [3.63, 3.8) is 0 Å². The van der Waals surface area contributed by atoms with E-state index in [1.807, 2.05) is 6.92 Å². The van der Waals surface area contributed by atoms with Crippen LogP contribution in [0, 0.1) is 5.92 Å². The Balaban J connectivity index is 2.51. The Labute approximate surface area is 56.6 Å². The van der Waals surface area contributed by atoms with Crippen LogP contribution in [-0.2, 0) is 4.79 Å². The second-order valence-corrected chi connectivity index (χ2v) is 2.47. The zero-order valence-electron chi connectivity index (χ0n) is 5.63. The summed E-state index contributed by atoms with van der Waals surface area (Å²) >= 11 is 0. The molecule has 2 radical (unpaired) electrons. The van der Waals surface area contributed by atoms with E-state index in [4.69, 9.17) is 7.85 Å². The van der Waals surface area contributed by atoms with Crippen LogP contribution < -0.4 is 0 Å². The van der Waals surface area contributed by atoms with E-state index in [-0.39, 0.29) is 11.8 Å². The Hall–Kier alpha value is -0.465. The lowest BCUT2D eigenvalue weighted by atomic mass is 10.1. The first-order valence-electron chi connectivity index (χ1n) is 3.24. The summed E-state index contributed by atoms with van der Waals surface area (Å²) in [6.45, 7) is 2.79. The molecule has 1 atom stereocenters. The van der Waals surface area contributed by atoms with Gasteiger partial charge in [-0.3, -0.25) is 4.79 Å². The molecule has 0 spiro atoms. The Kier molecular flexibility index (Phi) is 1.79. The molecule has 0 aromatic rings. The first-order valence-corrected chi connectivity index (χ1v) is 3.24. The molecule has 1 heterocycles. The molecule has 0 bridgehead atoms. The number of hydrogen-bond donors (Lipinski definition) is 0. The molecule has 0 aromatic heterocycles. The lowest BCUT2D eigenvalue weighted by Crippen LogP contribution is -2.27. The fourth-order valence-electron chi connectivity index (χ4n) is 1.08. The van der Waals surface area contributed by atoms with Gasteiger partial charge in [-0.25, -0.2) is 0 Å². The highest BCUT2D eigenvalue weighted by molar-refractivity contribution is 6.10. The quantitative estimate of drug-likeness (QED) is 0.448. The van der Waals surface area contributed by atoms with E-state index in [0.29, 0.717) is 6.44 Å². The Morgan fingerprint density at radius 1 is 1.89 bits per heavy atom. The summed E-state index contributed by atoms with van der Waals surface area (Å²) in [6.07, 6.45) is 1.35. The first kappa shape index (κ1) is 6.65. The molecule has 0 N–H and O–H groups in total. The summed E-state index contributed by atoms with van der Waals surface area (Å²) in [6, 6.07) is 0. The highest BCUT2D eigenvalue weighted by Crippen LogP contribution is 2.15. The molecule has 1 aliphatic heterocycles. The van der Waals surface area contributed by atoms with Crippen LogP contribution in [0.1, 0.15) is 13.3 Å². The third-order valence-electron chi connectivity index (χ3n) is 1.79. The molecule has 2 nitrogen and oxygen atoms in total.